The van der Waals surface area contributed by atoms with Crippen molar-refractivity contribution in [3.8, 4) is 0 Å². The van der Waals surface area contributed by atoms with E-state index in [-0.39, 0.29) is 0 Å². The quantitative estimate of drug-likeness (QED) is 0.0320. The molecule has 0 fully saturated rings. The number of hydrogen-bond acceptors (Lipinski definition) is 0. The second-order valence-corrected chi connectivity index (χ2v) is 21.0. The molecule has 0 aliphatic carbocycles. The van der Waals surface area contributed by atoms with E-state index in [1.165, 1.54) is 180 Å². The molecule has 0 aliphatic heterocycles. The summed E-state index contributed by atoms with van der Waals surface area (Å²) in [6, 6.07) is -1.54. The average molecular weight is 605 g/mol. The van der Waals surface area contributed by atoms with Crippen molar-refractivity contribution in [1.29, 1.82) is 0 Å². The van der Waals surface area contributed by atoms with Crippen LogP contribution in [0.2, 0.25) is 6.04 Å². The van der Waals surface area contributed by atoms with Gasteiger partial charge in [-0.25, -0.2) is 0 Å². The zero-order valence-corrected chi connectivity index (χ0v) is 28.0. The molecule has 0 unspecified atom stereocenters. The van der Waals surface area contributed by atoms with Gasteiger partial charge in [-0.2, -0.15) is 0 Å². The summed E-state index contributed by atoms with van der Waals surface area (Å²) < 4.78 is 0. The van der Waals surface area contributed by atoms with Gasteiger partial charge in [0.25, 0.3) is 0 Å². The first kappa shape index (κ1) is 37.4. The first-order valence-corrected chi connectivity index (χ1v) is 22.0. The van der Waals surface area contributed by atoms with Crippen molar-refractivity contribution in [2.24, 2.45) is 0 Å². The highest BCUT2D eigenvalue weighted by molar-refractivity contribution is 7.64. The van der Waals surface area contributed by atoms with Crippen molar-refractivity contribution >= 4 is 50.8 Å². The molecule has 0 bridgehead atoms. The predicted molar refractivity (Wildman–Crippen MR) is 173 cm³/mol. The molecule has 0 heterocycles. The molecule has 36 heavy (non-hydrogen) atoms. The minimum atomic E-state index is -2.37. The molecule has 0 aromatic heterocycles. The Kier molecular flexibility index (Phi) is 32.1. The third-order valence-electron chi connectivity index (χ3n) is 7.59. The predicted octanol–water partition coefficient (Wildman–Crippen LogP) is 14.2. The first-order chi connectivity index (χ1) is 17.6. The molecule has 5 heteroatoms. The normalized spacial score (nSPS) is 12.0. The third-order valence-corrected chi connectivity index (χ3v) is 10.5. The third kappa shape index (κ3) is 35.4. The van der Waals surface area contributed by atoms with E-state index >= 15 is 0 Å². The van der Waals surface area contributed by atoms with Gasteiger partial charge >= 0.3 is 6.00 Å². The van der Waals surface area contributed by atoms with Gasteiger partial charge in [0, 0.05) is 5.88 Å². The van der Waals surface area contributed by atoms with E-state index in [1.54, 1.807) is 0 Å². The van der Waals surface area contributed by atoms with Gasteiger partial charge in [-0.05, 0) is 12.5 Å². The summed E-state index contributed by atoms with van der Waals surface area (Å²) >= 11 is 23.5. The van der Waals surface area contributed by atoms with Crippen LogP contribution in [0.5, 0.6) is 0 Å². The number of halogens is 4. The van der Waals surface area contributed by atoms with Crippen molar-refractivity contribution in [2.75, 3.05) is 5.88 Å². The van der Waals surface area contributed by atoms with Crippen LogP contribution in [-0.4, -0.2) is 11.9 Å². The van der Waals surface area contributed by atoms with Crippen LogP contribution in [0.4, 0.5) is 0 Å². The van der Waals surface area contributed by atoms with Gasteiger partial charge in [-0.15, -0.1) is 44.8 Å². The lowest BCUT2D eigenvalue weighted by Gasteiger charge is -2.07. The van der Waals surface area contributed by atoms with E-state index in [0.717, 1.165) is 18.3 Å². The summed E-state index contributed by atoms with van der Waals surface area (Å²) in [7, 11) is 0. The zero-order valence-electron chi connectivity index (χ0n) is 23.9. The summed E-state index contributed by atoms with van der Waals surface area (Å²) in [5, 5.41) is 0. The van der Waals surface area contributed by atoms with Gasteiger partial charge < -0.3 is 0 Å². The minimum absolute atomic E-state index is 0.828. The van der Waals surface area contributed by atoms with Gasteiger partial charge in [0.2, 0.25) is 0 Å². The topological polar surface area (TPSA) is 0 Å². The van der Waals surface area contributed by atoms with E-state index in [2.05, 4.69) is 0 Å². The van der Waals surface area contributed by atoms with Crippen molar-refractivity contribution < 1.29 is 0 Å². The maximum Gasteiger partial charge on any atom is 0.341 e. The number of rotatable bonds is 31. The fourth-order valence-corrected chi connectivity index (χ4v) is 7.24. The largest absolute Gasteiger partial charge is 0.341 e. The SMILES string of the molecule is ClCCCCCCCCCCCCCCCCCCCCCCCCCCCCCCC[Si](Cl)(Cl)Cl. The highest BCUT2D eigenvalue weighted by Gasteiger charge is 2.23. The monoisotopic (exact) mass is 602 g/mol. The Morgan fingerprint density at radius 1 is 0.250 bits per heavy atom. The Hall–Kier alpha value is 1.38. The van der Waals surface area contributed by atoms with Crippen LogP contribution in [0.3, 0.4) is 0 Å². The van der Waals surface area contributed by atoms with Crippen molar-refractivity contribution in [3.05, 3.63) is 0 Å². The van der Waals surface area contributed by atoms with Crippen LogP contribution in [0.25, 0.3) is 0 Å². The molecule has 0 saturated heterocycles. The summed E-state index contributed by atoms with van der Waals surface area (Å²) in [4.78, 5) is 0. The van der Waals surface area contributed by atoms with E-state index in [1.807, 2.05) is 0 Å². The maximum absolute atomic E-state index is 5.92. The van der Waals surface area contributed by atoms with Crippen LogP contribution in [-0.2, 0) is 0 Å². The Balaban J connectivity index is 3.03. The lowest BCUT2D eigenvalue weighted by molar-refractivity contribution is 0.514. The molecule has 0 radical (unpaired) electrons. The Morgan fingerprint density at radius 2 is 0.417 bits per heavy atom. The molecule has 0 amide bonds. The van der Waals surface area contributed by atoms with Crippen molar-refractivity contribution in [2.45, 2.75) is 192 Å². The summed E-state index contributed by atoms with van der Waals surface area (Å²) in [6.45, 7) is 0. The Bertz CT molecular complexity index is 401. The highest BCUT2D eigenvalue weighted by atomic mass is 35.8. The van der Waals surface area contributed by atoms with Gasteiger partial charge in [0.15, 0.2) is 0 Å². The van der Waals surface area contributed by atoms with Crippen LogP contribution in [0, 0.1) is 0 Å². The number of unbranched alkanes of at least 4 members (excludes halogenated alkanes) is 28. The lowest BCUT2D eigenvalue weighted by Crippen LogP contribution is -2.07. The average Bonchev–Trinajstić information content (AvgIpc) is 2.84. The highest BCUT2D eigenvalue weighted by Crippen LogP contribution is 2.27. The molecule has 0 rings (SSSR count). The first-order valence-electron chi connectivity index (χ1n) is 16.2. The van der Waals surface area contributed by atoms with Crippen molar-refractivity contribution in [3.63, 3.8) is 0 Å². The number of alkyl halides is 1. The van der Waals surface area contributed by atoms with E-state index in [9.17, 15) is 0 Å². The fraction of sp³-hybridized carbons (Fsp3) is 1.00. The van der Waals surface area contributed by atoms with Crippen LogP contribution >= 0.6 is 44.8 Å². The Labute approximate surface area is 247 Å². The standard InChI is InChI=1S/C31H62Cl4Si/c32-30-28-26-24-22-20-18-16-14-12-10-8-6-4-2-1-3-5-7-9-11-13-15-17-19-21-23-25-27-29-31-36(33,34)35/h1-31H2. The van der Waals surface area contributed by atoms with E-state index in [4.69, 9.17) is 44.8 Å². The second kappa shape index (κ2) is 30.9. The molecule has 0 atom stereocenters. The number of hydrogen-bond donors (Lipinski definition) is 0. The molecule has 0 aromatic rings. The zero-order chi connectivity index (χ0) is 26.4. The van der Waals surface area contributed by atoms with E-state index in [0.29, 0.717) is 0 Å². The smallest absolute Gasteiger partial charge is 0.127 e. The molecular formula is C31H62Cl4Si. The fourth-order valence-electron chi connectivity index (χ4n) is 5.19. The van der Waals surface area contributed by atoms with Crippen molar-refractivity contribution in [1.82, 2.24) is 0 Å². The summed E-state index contributed by atoms with van der Waals surface area (Å²) in [5.41, 5.74) is 0. The summed E-state index contributed by atoms with van der Waals surface area (Å²) in [5.74, 6) is 0.841. The molecular weight excluding hydrogens is 542 g/mol. The molecule has 0 saturated carbocycles. The molecule has 218 valence electrons. The maximum atomic E-state index is 5.92. The molecule has 0 aliphatic rings. The van der Waals surface area contributed by atoms with Gasteiger partial charge in [-0.3, -0.25) is 0 Å². The molecule has 0 nitrogen and oxygen atoms in total. The summed E-state index contributed by atoms with van der Waals surface area (Å²) in [6.07, 6.45) is 40.9. The lowest BCUT2D eigenvalue weighted by atomic mass is 10.0. The van der Waals surface area contributed by atoms with Gasteiger partial charge in [-0.1, -0.05) is 180 Å². The minimum Gasteiger partial charge on any atom is -0.127 e. The molecule has 0 spiro atoms. The van der Waals surface area contributed by atoms with Crippen LogP contribution in [0.1, 0.15) is 186 Å². The Morgan fingerprint density at radius 3 is 0.583 bits per heavy atom. The van der Waals surface area contributed by atoms with Crippen LogP contribution in [0.15, 0.2) is 0 Å². The second-order valence-electron chi connectivity index (χ2n) is 11.3. The van der Waals surface area contributed by atoms with Crippen LogP contribution < -0.4 is 0 Å². The molecule has 0 N–H and O–H groups in total. The van der Waals surface area contributed by atoms with Gasteiger partial charge in [0.1, 0.15) is 0 Å². The molecule has 0 aromatic carbocycles. The van der Waals surface area contributed by atoms with E-state index < -0.39 is 6.00 Å². The van der Waals surface area contributed by atoms with Gasteiger partial charge in [0.05, 0.1) is 0 Å².